The van der Waals surface area contributed by atoms with E-state index in [4.69, 9.17) is 23.2 Å². The average molecular weight is 229 g/mol. The number of hydrogen-bond donors (Lipinski definition) is 0. The number of nitrogens with zero attached hydrogens (tertiary/aromatic N) is 4. The van der Waals surface area contributed by atoms with Gasteiger partial charge in [-0.25, -0.2) is 9.97 Å². The predicted molar refractivity (Wildman–Crippen MR) is 55.5 cm³/mol. The fourth-order valence-electron chi connectivity index (χ4n) is 1.19. The summed E-state index contributed by atoms with van der Waals surface area (Å²) in [7, 11) is 0. The summed E-state index contributed by atoms with van der Waals surface area (Å²) in [5.74, 6) is 0. The van der Waals surface area contributed by atoms with Crippen LogP contribution in [0, 0.1) is 0 Å². The molecule has 6 heteroatoms. The van der Waals surface area contributed by atoms with Crippen LogP contribution >= 0.6 is 23.2 Å². The molecule has 72 valence electrons. The third kappa shape index (κ3) is 1.47. The van der Waals surface area contributed by atoms with Gasteiger partial charge in [0.15, 0.2) is 5.15 Å². The van der Waals surface area contributed by atoms with Gasteiger partial charge in [0.2, 0.25) is 5.28 Å². The molecule has 4 nitrogen and oxygen atoms in total. The Morgan fingerprint density at radius 2 is 2.21 bits per heavy atom. The van der Waals surface area contributed by atoms with Gasteiger partial charge in [0.05, 0.1) is 12.7 Å². The molecule has 0 radical (unpaired) electrons. The van der Waals surface area contributed by atoms with Gasteiger partial charge in [-0.15, -0.1) is 6.58 Å². The molecular weight excluding hydrogens is 223 g/mol. The molecular formula is C8H6Cl2N4. The van der Waals surface area contributed by atoms with Gasteiger partial charge in [-0.3, -0.25) is 4.68 Å². The molecule has 2 rings (SSSR count). The fraction of sp³-hybridized carbons (Fsp3) is 0.125. The van der Waals surface area contributed by atoms with Gasteiger partial charge in [-0.1, -0.05) is 17.7 Å². The third-order valence-corrected chi connectivity index (χ3v) is 2.15. The van der Waals surface area contributed by atoms with Gasteiger partial charge in [-0.05, 0) is 11.6 Å². The minimum atomic E-state index is 0.126. The van der Waals surface area contributed by atoms with Crippen LogP contribution in [0.2, 0.25) is 10.4 Å². The van der Waals surface area contributed by atoms with Crippen LogP contribution in [0.25, 0.3) is 11.0 Å². The van der Waals surface area contributed by atoms with Crippen molar-refractivity contribution < 1.29 is 0 Å². The number of aromatic nitrogens is 4. The molecule has 0 aliphatic heterocycles. The van der Waals surface area contributed by atoms with Crippen LogP contribution < -0.4 is 0 Å². The topological polar surface area (TPSA) is 43.6 Å². The Balaban J connectivity index is 2.72. The van der Waals surface area contributed by atoms with E-state index in [0.29, 0.717) is 22.7 Å². The van der Waals surface area contributed by atoms with Crippen LogP contribution in [0.4, 0.5) is 0 Å². The summed E-state index contributed by atoms with van der Waals surface area (Å²) >= 11 is 11.6. The first-order valence-corrected chi connectivity index (χ1v) is 4.63. The summed E-state index contributed by atoms with van der Waals surface area (Å²) < 4.78 is 1.67. The second-order valence-electron chi connectivity index (χ2n) is 2.63. The minimum Gasteiger partial charge on any atom is -0.256 e. The lowest BCUT2D eigenvalue weighted by Crippen LogP contribution is -1.98. The Bertz CT molecular complexity index is 491. The Hall–Kier alpha value is -1.13. The van der Waals surface area contributed by atoms with Gasteiger partial charge >= 0.3 is 0 Å². The lowest BCUT2D eigenvalue weighted by Gasteiger charge is -1.99. The van der Waals surface area contributed by atoms with Gasteiger partial charge in [0.1, 0.15) is 11.0 Å². The third-order valence-electron chi connectivity index (χ3n) is 1.72. The maximum Gasteiger partial charge on any atom is 0.224 e. The smallest absolute Gasteiger partial charge is 0.224 e. The van der Waals surface area contributed by atoms with Crippen molar-refractivity contribution in [1.29, 1.82) is 0 Å². The maximum absolute atomic E-state index is 5.91. The second-order valence-corrected chi connectivity index (χ2v) is 3.33. The number of hydrogen-bond acceptors (Lipinski definition) is 3. The number of fused-ring (bicyclic) bond motifs is 1. The highest BCUT2D eigenvalue weighted by Crippen LogP contribution is 2.21. The lowest BCUT2D eigenvalue weighted by atomic mass is 10.4. The molecule has 14 heavy (non-hydrogen) atoms. The van der Waals surface area contributed by atoms with Crippen molar-refractivity contribution in [2.24, 2.45) is 0 Å². The first-order chi connectivity index (χ1) is 6.72. The first kappa shape index (κ1) is 9.43. The SMILES string of the molecule is C=CCn1ncc2nc(Cl)nc(Cl)c21. The molecule has 0 aliphatic rings. The average Bonchev–Trinajstić information content (AvgIpc) is 2.49. The van der Waals surface area contributed by atoms with E-state index in [0.717, 1.165) is 0 Å². The molecule has 2 aromatic rings. The van der Waals surface area contributed by atoms with E-state index in [1.807, 2.05) is 0 Å². The monoisotopic (exact) mass is 228 g/mol. The zero-order valence-corrected chi connectivity index (χ0v) is 8.63. The van der Waals surface area contributed by atoms with Gasteiger partial charge in [0.25, 0.3) is 0 Å². The lowest BCUT2D eigenvalue weighted by molar-refractivity contribution is 0.728. The van der Waals surface area contributed by atoms with Crippen LogP contribution in [0.3, 0.4) is 0 Å². The summed E-state index contributed by atoms with van der Waals surface area (Å²) in [5, 5.41) is 4.52. The highest BCUT2D eigenvalue weighted by molar-refractivity contribution is 6.35. The Morgan fingerprint density at radius 3 is 2.93 bits per heavy atom. The molecule has 0 aromatic carbocycles. The van der Waals surface area contributed by atoms with Crippen LogP contribution in [-0.2, 0) is 6.54 Å². The van der Waals surface area contributed by atoms with Crippen molar-refractivity contribution in [3.05, 3.63) is 29.3 Å². The van der Waals surface area contributed by atoms with Crippen molar-refractivity contribution >= 4 is 34.2 Å². The highest BCUT2D eigenvalue weighted by atomic mass is 35.5. The van der Waals surface area contributed by atoms with Crippen molar-refractivity contribution in [2.45, 2.75) is 6.54 Å². The first-order valence-electron chi connectivity index (χ1n) is 3.88. The highest BCUT2D eigenvalue weighted by Gasteiger charge is 2.09. The van der Waals surface area contributed by atoms with Crippen LogP contribution in [0.1, 0.15) is 0 Å². The van der Waals surface area contributed by atoms with Crippen LogP contribution in [0.15, 0.2) is 18.9 Å². The molecule has 0 bridgehead atoms. The summed E-state index contributed by atoms with van der Waals surface area (Å²) in [6.45, 7) is 4.18. The molecule has 0 N–H and O–H groups in total. The van der Waals surface area contributed by atoms with Gasteiger partial charge in [0, 0.05) is 0 Å². The minimum absolute atomic E-state index is 0.126. The molecule has 0 atom stereocenters. The molecule has 0 amide bonds. The fourth-order valence-corrected chi connectivity index (χ4v) is 1.68. The maximum atomic E-state index is 5.91. The molecule has 0 saturated heterocycles. The molecule has 2 heterocycles. The number of allylic oxidation sites excluding steroid dienone is 1. The zero-order valence-electron chi connectivity index (χ0n) is 7.11. The van der Waals surface area contributed by atoms with Crippen molar-refractivity contribution in [1.82, 2.24) is 19.7 Å². The van der Waals surface area contributed by atoms with E-state index in [9.17, 15) is 0 Å². The van der Waals surface area contributed by atoms with Gasteiger partial charge < -0.3 is 0 Å². The number of halogens is 2. The van der Waals surface area contributed by atoms with Crippen molar-refractivity contribution in [2.75, 3.05) is 0 Å². The molecule has 0 fully saturated rings. The standard InChI is InChI=1S/C8H6Cl2N4/c1-2-3-14-6-5(4-11-14)12-8(10)13-7(6)9/h2,4H,1,3H2. The molecule has 0 aliphatic carbocycles. The predicted octanol–water partition coefficient (Wildman–Crippen LogP) is 2.32. The molecule has 0 spiro atoms. The summed E-state index contributed by atoms with van der Waals surface area (Å²) in [4.78, 5) is 7.83. The summed E-state index contributed by atoms with van der Waals surface area (Å²) in [5.41, 5.74) is 1.31. The van der Waals surface area contributed by atoms with Crippen molar-refractivity contribution in [3.8, 4) is 0 Å². The second kappa shape index (κ2) is 3.55. The Morgan fingerprint density at radius 1 is 1.43 bits per heavy atom. The largest absolute Gasteiger partial charge is 0.256 e. The summed E-state index contributed by atoms with van der Waals surface area (Å²) in [6, 6.07) is 0. The number of rotatable bonds is 2. The Kier molecular flexibility index (Phi) is 2.39. The zero-order chi connectivity index (χ0) is 10.1. The van der Waals surface area contributed by atoms with Crippen LogP contribution in [0.5, 0.6) is 0 Å². The van der Waals surface area contributed by atoms with E-state index in [1.54, 1.807) is 17.0 Å². The normalized spacial score (nSPS) is 10.7. The van der Waals surface area contributed by atoms with E-state index in [2.05, 4.69) is 21.6 Å². The van der Waals surface area contributed by atoms with E-state index < -0.39 is 0 Å². The molecule has 2 aromatic heterocycles. The van der Waals surface area contributed by atoms with E-state index in [1.165, 1.54) is 0 Å². The summed E-state index contributed by atoms with van der Waals surface area (Å²) in [6.07, 6.45) is 3.32. The van der Waals surface area contributed by atoms with Crippen molar-refractivity contribution in [3.63, 3.8) is 0 Å². The van der Waals surface area contributed by atoms with Crippen LogP contribution in [-0.4, -0.2) is 19.7 Å². The molecule has 0 saturated carbocycles. The van der Waals surface area contributed by atoms with Gasteiger partial charge in [-0.2, -0.15) is 5.10 Å². The Labute approximate surface area is 90.2 Å². The quantitative estimate of drug-likeness (QED) is 0.451. The molecule has 0 unspecified atom stereocenters. The van der Waals surface area contributed by atoms with E-state index >= 15 is 0 Å². The van der Waals surface area contributed by atoms with E-state index in [-0.39, 0.29) is 5.28 Å².